The average Bonchev–Trinajstić information content (AvgIpc) is 3.09. The van der Waals surface area contributed by atoms with Crippen LogP contribution in [-0.4, -0.2) is 11.7 Å². The highest BCUT2D eigenvalue weighted by Crippen LogP contribution is 2.64. The van der Waals surface area contributed by atoms with E-state index in [0.717, 1.165) is 36.0 Å². The maximum atomic E-state index is 9.51. The van der Waals surface area contributed by atoms with Crippen molar-refractivity contribution < 1.29 is 5.11 Å². The van der Waals surface area contributed by atoms with Crippen LogP contribution in [0.4, 0.5) is 0 Å². The normalized spacial score (nSPS) is 54.1. The topological polar surface area (TPSA) is 20.2 Å². The molecule has 0 saturated heterocycles. The smallest absolute Gasteiger partial charge is 0.0436 e. The molecule has 0 aromatic rings. The molecule has 4 bridgehead atoms. The summed E-state index contributed by atoms with van der Waals surface area (Å²) >= 11 is 0. The number of rotatable bonds is 3. The van der Waals surface area contributed by atoms with E-state index in [9.17, 15) is 5.11 Å². The summed E-state index contributed by atoms with van der Waals surface area (Å²) in [5.41, 5.74) is 0.457. The highest BCUT2D eigenvalue weighted by Gasteiger charge is 2.56. The van der Waals surface area contributed by atoms with Crippen molar-refractivity contribution in [2.45, 2.75) is 32.1 Å². The van der Waals surface area contributed by atoms with Gasteiger partial charge in [0.05, 0.1) is 0 Å². The van der Waals surface area contributed by atoms with E-state index in [4.69, 9.17) is 0 Å². The summed E-state index contributed by atoms with van der Waals surface area (Å²) in [6, 6.07) is 0. The molecule has 0 aromatic heterocycles. The average molecular weight is 230 g/mol. The van der Waals surface area contributed by atoms with Crippen molar-refractivity contribution in [3.8, 4) is 0 Å². The van der Waals surface area contributed by atoms with Crippen LogP contribution in [0.1, 0.15) is 32.1 Å². The number of hydrogen-bond donors (Lipinski definition) is 1. The first-order valence-electron chi connectivity index (χ1n) is 7.29. The standard InChI is InChI=1S/C16H22O/c17-6-5-16(10-12-2-4-14(16)8-12)15-9-11-1-3-13(15)7-11/h1-4,11-15,17H,5-10H2. The molecule has 0 spiro atoms. The van der Waals surface area contributed by atoms with Crippen LogP contribution in [0.3, 0.4) is 0 Å². The van der Waals surface area contributed by atoms with Gasteiger partial charge in [-0.15, -0.1) is 0 Å². The van der Waals surface area contributed by atoms with Crippen molar-refractivity contribution >= 4 is 0 Å². The maximum Gasteiger partial charge on any atom is 0.0436 e. The van der Waals surface area contributed by atoms with Crippen LogP contribution in [-0.2, 0) is 0 Å². The van der Waals surface area contributed by atoms with Crippen molar-refractivity contribution in [2.75, 3.05) is 6.61 Å². The van der Waals surface area contributed by atoms with Gasteiger partial charge in [-0.3, -0.25) is 0 Å². The van der Waals surface area contributed by atoms with E-state index in [2.05, 4.69) is 24.3 Å². The van der Waals surface area contributed by atoms with Gasteiger partial charge in [0.1, 0.15) is 0 Å². The minimum atomic E-state index is 0.384. The predicted octanol–water partition coefficient (Wildman–Crippen LogP) is 3.16. The fraction of sp³-hybridized carbons (Fsp3) is 0.750. The molecule has 0 radical (unpaired) electrons. The quantitative estimate of drug-likeness (QED) is 0.738. The third kappa shape index (κ3) is 1.29. The van der Waals surface area contributed by atoms with E-state index in [1.54, 1.807) is 0 Å². The largest absolute Gasteiger partial charge is 0.396 e. The van der Waals surface area contributed by atoms with E-state index in [0.29, 0.717) is 12.0 Å². The first-order valence-corrected chi connectivity index (χ1v) is 7.29. The zero-order chi connectivity index (χ0) is 11.5. The summed E-state index contributed by atoms with van der Waals surface area (Å²) < 4.78 is 0. The van der Waals surface area contributed by atoms with Crippen LogP contribution in [0.15, 0.2) is 24.3 Å². The van der Waals surface area contributed by atoms with E-state index in [1.807, 2.05) is 0 Å². The number of hydrogen-bond acceptors (Lipinski definition) is 1. The number of fused-ring (bicyclic) bond motifs is 4. The molecule has 1 heteroatoms. The Morgan fingerprint density at radius 2 is 1.88 bits per heavy atom. The van der Waals surface area contributed by atoms with Gasteiger partial charge in [0.25, 0.3) is 0 Å². The van der Waals surface area contributed by atoms with Gasteiger partial charge >= 0.3 is 0 Å². The third-order valence-corrected chi connectivity index (χ3v) is 6.15. The van der Waals surface area contributed by atoms with Gasteiger partial charge in [0, 0.05) is 6.61 Å². The summed E-state index contributed by atoms with van der Waals surface area (Å²) in [4.78, 5) is 0. The molecule has 2 saturated carbocycles. The van der Waals surface area contributed by atoms with Crippen LogP contribution >= 0.6 is 0 Å². The summed E-state index contributed by atoms with van der Waals surface area (Å²) in [6.07, 6.45) is 16.4. The maximum absolute atomic E-state index is 9.51. The summed E-state index contributed by atoms with van der Waals surface area (Å²) in [7, 11) is 0. The van der Waals surface area contributed by atoms with Crippen molar-refractivity contribution in [1.29, 1.82) is 0 Å². The SMILES string of the molecule is OCCC1(C2CC3C=CC2C3)CC2C=CC1C2. The Bertz CT molecular complexity index is 383. The number of allylic oxidation sites excluding steroid dienone is 4. The Hall–Kier alpha value is -0.560. The number of aliphatic hydroxyl groups is 1. The van der Waals surface area contributed by atoms with Gasteiger partial charge in [-0.25, -0.2) is 0 Å². The fourth-order valence-corrected chi connectivity index (χ4v) is 5.54. The Morgan fingerprint density at radius 1 is 1.00 bits per heavy atom. The molecule has 0 heterocycles. The second-order valence-corrected chi connectivity index (χ2v) is 6.78. The van der Waals surface area contributed by atoms with Crippen molar-refractivity contribution in [3.05, 3.63) is 24.3 Å². The molecule has 6 atom stereocenters. The van der Waals surface area contributed by atoms with Crippen molar-refractivity contribution in [2.24, 2.45) is 35.0 Å². The van der Waals surface area contributed by atoms with Crippen LogP contribution in [0.5, 0.6) is 0 Å². The number of aliphatic hydroxyl groups excluding tert-OH is 1. The Balaban J connectivity index is 1.68. The van der Waals surface area contributed by atoms with E-state index < -0.39 is 0 Å². The third-order valence-electron chi connectivity index (χ3n) is 6.15. The molecular weight excluding hydrogens is 208 g/mol. The lowest BCUT2D eigenvalue weighted by atomic mass is 9.61. The Kier molecular flexibility index (Phi) is 2.12. The molecular formula is C16H22O. The second kappa shape index (κ2) is 3.47. The second-order valence-electron chi connectivity index (χ2n) is 6.78. The van der Waals surface area contributed by atoms with E-state index >= 15 is 0 Å². The minimum absolute atomic E-state index is 0.384. The molecule has 0 amide bonds. The van der Waals surface area contributed by atoms with Gasteiger partial charge in [-0.05, 0) is 67.1 Å². The molecule has 6 unspecified atom stereocenters. The first-order chi connectivity index (χ1) is 8.32. The van der Waals surface area contributed by atoms with Gasteiger partial charge in [-0.1, -0.05) is 24.3 Å². The van der Waals surface area contributed by atoms with Gasteiger partial charge in [-0.2, -0.15) is 0 Å². The highest BCUT2D eigenvalue weighted by atomic mass is 16.3. The van der Waals surface area contributed by atoms with Crippen LogP contribution in [0.2, 0.25) is 0 Å². The molecule has 4 rings (SSSR count). The summed E-state index contributed by atoms with van der Waals surface area (Å²) in [5.74, 6) is 4.17. The van der Waals surface area contributed by atoms with Gasteiger partial charge < -0.3 is 5.11 Å². The Labute approximate surface area is 104 Å². The zero-order valence-corrected chi connectivity index (χ0v) is 10.4. The van der Waals surface area contributed by atoms with Crippen LogP contribution in [0.25, 0.3) is 0 Å². The molecule has 1 nitrogen and oxygen atoms in total. The predicted molar refractivity (Wildman–Crippen MR) is 68.3 cm³/mol. The van der Waals surface area contributed by atoms with Gasteiger partial charge in [0.15, 0.2) is 0 Å². The molecule has 4 aliphatic carbocycles. The van der Waals surface area contributed by atoms with Gasteiger partial charge in [0.2, 0.25) is 0 Å². The van der Waals surface area contributed by atoms with Crippen molar-refractivity contribution in [1.82, 2.24) is 0 Å². The molecule has 17 heavy (non-hydrogen) atoms. The molecule has 2 fully saturated rings. The molecule has 1 N–H and O–H groups in total. The fourth-order valence-electron chi connectivity index (χ4n) is 5.54. The zero-order valence-electron chi connectivity index (χ0n) is 10.4. The summed E-state index contributed by atoms with van der Waals surface area (Å²) in [5, 5.41) is 9.51. The Morgan fingerprint density at radius 3 is 2.41 bits per heavy atom. The molecule has 4 aliphatic rings. The lowest BCUT2D eigenvalue weighted by Crippen LogP contribution is -2.38. The van der Waals surface area contributed by atoms with Crippen LogP contribution < -0.4 is 0 Å². The molecule has 0 aliphatic heterocycles. The van der Waals surface area contributed by atoms with Crippen LogP contribution in [0, 0.1) is 35.0 Å². The molecule has 0 aromatic carbocycles. The lowest BCUT2D eigenvalue weighted by molar-refractivity contribution is 0.0594. The van der Waals surface area contributed by atoms with Crippen molar-refractivity contribution in [3.63, 3.8) is 0 Å². The van der Waals surface area contributed by atoms with E-state index in [1.165, 1.54) is 25.7 Å². The highest BCUT2D eigenvalue weighted by molar-refractivity contribution is 5.22. The lowest BCUT2D eigenvalue weighted by Gasteiger charge is -2.44. The summed E-state index contributed by atoms with van der Waals surface area (Å²) in [6.45, 7) is 0.384. The molecule has 92 valence electrons. The first kappa shape index (κ1) is 10.4. The minimum Gasteiger partial charge on any atom is -0.396 e. The monoisotopic (exact) mass is 230 g/mol. The van der Waals surface area contributed by atoms with E-state index in [-0.39, 0.29) is 0 Å².